The predicted octanol–water partition coefficient (Wildman–Crippen LogP) is 2.33. The van der Waals surface area contributed by atoms with E-state index in [0.29, 0.717) is 25.2 Å². The van der Waals surface area contributed by atoms with Crippen LogP contribution in [0.15, 0.2) is 24.3 Å². The number of rotatable bonds is 8. The smallest absolute Gasteiger partial charge is 0.150 e. The monoisotopic (exact) mass is 286 g/mol. The first-order chi connectivity index (χ1) is 8.98. The molecule has 0 heterocycles. The third-order valence-corrected chi connectivity index (χ3v) is 4.75. The number of hydrogen-bond donors (Lipinski definition) is 1. The molecule has 19 heavy (non-hydrogen) atoms. The maximum absolute atomic E-state index is 11.3. The molecule has 0 aliphatic rings. The number of aliphatic hydroxyl groups excluding tert-OH is 1. The zero-order chi connectivity index (χ0) is 14.3. The van der Waals surface area contributed by atoms with E-state index >= 15 is 0 Å². The second-order valence-electron chi connectivity index (χ2n) is 4.43. The van der Waals surface area contributed by atoms with E-state index in [2.05, 4.69) is 0 Å². The Labute approximate surface area is 115 Å². The maximum atomic E-state index is 11.3. The summed E-state index contributed by atoms with van der Waals surface area (Å²) in [6, 6.07) is 7.24. The first-order valence-electron chi connectivity index (χ1n) is 6.59. The van der Waals surface area contributed by atoms with Crippen molar-refractivity contribution in [3.05, 3.63) is 29.8 Å². The van der Waals surface area contributed by atoms with Gasteiger partial charge in [0.2, 0.25) is 0 Å². The van der Waals surface area contributed by atoms with Crippen molar-refractivity contribution in [3.8, 4) is 5.75 Å². The summed E-state index contributed by atoms with van der Waals surface area (Å²) in [7, 11) is -2.91. The molecule has 0 spiro atoms. The summed E-state index contributed by atoms with van der Waals surface area (Å²) in [5.74, 6) is 1.04. The van der Waals surface area contributed by atoms with E-state index in [1.54, 1.807) is 19.1 Å². The van der Waals surface area contributed by atoms with Crippen LogP contribution in [0, 0.1) is 0 Å². The van der Waals surface area contributed by atoms with Gasteiger partial charge in [0.1, 0.15) is 15.6 Å². The predicted molar refractivity (Wildman–Crippen MR) is 76.1 cm³/mol. The van der Waals surface area contributed by atoms with Gasteiger partial charge in [-0.2, -0.15) is 0 Å². The Bertz CT molecular complexity index is 465. The first kappa shape index (κ1) is 16.0. The van der Waals surface area contributed by atoms with E-state index in [4.69, 9.17) is 4.74 Å². The third-order valence-electron chi connectivity index (χ3n) is 2.96. The lowest BCUT2D eigenvalue weighted by molar-refractivity contribution is 0.173. The van der Waals surface area contributed by atoms with Crippen LogP contribution in [0.4, 0.5) is 0 Å². The lowest BCUT2D eigenvalue weighted by atomic mass is 10.1. The van der Waals surface area contributed by atoms with E-state index in [0.717, 1.165) is 5.56 Å². The lowest BCUT2D eigenvalue weighted by Gasteiger charge is -2.10. The van der Waals surface area contributed by atoms with E-state index in [-0.39, 0.29) is 11.5 Å². The molecule has 1 aromatic carbocycles. The molecule has 4 nitrogen and oxygen atoms in total. The molecule has 5 heteroatoms. The molecule has 0 amide bonds. The van der Waals surface area contributed by atoms with Crippen molar-refractivity contribution in [3.63, 3.8) is 0 Å². The van der Waals surface area contributed by atoms with E-state index < -0.39 is 15.9 Å². The van der Waals surface area contributed by atoms with Crippen LogP contribution in [-0.2, 0) is 9.84 Å². The summed E-state index contributed by atoms with van der Waals surface area (Å²) < 4.78 is 28.0. The van der Waals surface area contributed by atoms with Gasteiger partial charge in [0.15, 0.2) is 0 Å². The van der Waals surface area contributed by atoms with Gasteiger partial charge in [-0.25, -0.2) is 8.42 Å². The molecular weight excluding hydrogens is 264 g/mol. The van der Waals surface area contributed by atoms with Gasteiger partial charge in [-0.1, -0.05) is 26.0 Å². The number of aliphatic hydroxyl groups is 1. The largest absolute Gasteiger partial charge is 0.494 e. The highest BCUT2D eigenvalue weighted by atomic mass is 32.2. The zero-order valence-corrected chi connectivity index (χ0v) is 12.3. The second kappa shape index (κ2) is 7.50. The van der Waals surface area contributed by atoms with Crippen molar-refractivity contribution in [2.75, 3.05) is 18.1 Å². The van der Waals surface area contributed by atoms with Gasteiger partial charge in [0.25, 0.3) is 0 Å². The molecule has 108 valence electrons. The maximum Gasteiger partial charge on any atom is 0.150 e. The van der Waals surface area contributed by atoms with Crippen LogP contribution in [0.25, 0.3) is 0 Å². The molecule has 0 fully saturated rings. The number of ether oxygens (including phenoxy) is 1. The molecule has 0 aliphatic carbocycles. The Morgan fingerprint density at radius 3 is 2.37 bits per heavy atom. The SMILES string of the molecule is CC[C@H](O)c1ccc(OCCCS(=O)(=O)CC)cc1. The summed E-state index contributed by atoms with van der Waals surface area (Å²) in [5, 5.41) is 9.64. The van der Waals surface area contributed by atoms with Crippen LogP contribution in [-0.4, -0.2) is 31.6 Å². The minimum Gasteiger partial charge on any atom is -0.494 e. The molecular formula is C14H22O4S. The first-order valence-corrected chi connectivity index (χ1v) is 8.42. The average Bonchev–Trinajstić information content (AvgIpc) is 2.43. The highest BCUT2D eigenvalue weighted by Gasteiger charge is 2.07. The van der Waals surface area contributed by atoms with Gasteiger partial charge in [-0.3, -0.25) is 0 Å². The van der Waals surface area contributed by atoms with Crippen LogP contribution in [0.1, 0.15) is 38.4 Å². The molecule has 1 atom stereocenters. The Morgan fingerprint density at radius 2 is 1.84 bits per heavy atom. The highest BCUT2D eigenvalue weighted by molar-refractivity contribution is 7.91. The minimum atomic E-state index is -2.91. The van der Waals surface area contributed by atoms with Crippen molar-refractivity contribution in [2.24, 2.45) is 0 Å². The van der Waals surface area contributed by atoms with Gasteiger partial charge < -0.3 is 9.84 Å². The summed E-state index contributed by atoms with van der Waals surface area (Å²) in [6.07, 6.45) is 0.730. The van der Waals surface area contributed by atoms with Crippen LogP contribution >= 0.6 is 0 Å². The fourth-order valence-corrected chi connectivity index (χ4v) is 2.48. The fraction of sp³-hybridized carbons (Fsp3) is 0.571. The molecule has 0 bridgehead atoms. The van der Waals surface area contributed by atoms with Gasteiger partial charge in [-0.15, -0.1) is 0 Å². The van der Waals surface area contributed by atoms with Crippen molar-refractivity contribution in [2.45, 2.75) is 32.8 Å². The molecule has 0 saturated heterocycles. The van der Waals surface area contributed by atoms with Gasteiger partial charge in [0, 0.05) is 5.75 Å². The summed E-state index contributed by atoms with van der Waals surface area (Å²) in [5.41, 5.74) is 0.864. The van der Waals surface area contributed by atoms with E-state index in [1.807, 2.05) is 19.1 Å². The van der Waals surface area contributed by atoms with Gasteiger partial charge in [-0.05, 0) is 30.5 Å². The van der Waals surface area contributed by atoms with E-state index in [9.17, 15) is 13.5 Å². The molecule has 0 aliphatic heterocycles. The molecule has 0 saturated carbocycles. The summed E-state index contributed by atoms with van der Waals surface area (Å²) >= 11 is 0. The van der Waals surface area contributed by atoms with Crippen molar-refractivity contribution in [1.82, 2.24) is 0 Å². The van der Waals surface area contributed by atoms with Crippen LogP contribution < -0.4 is 4.74 Å². The van der Waals surface area contributed by atoms with Crippen LogP contribution in [0.5, 0.6) is 5.75 Å². The molecule has 0 radical (unpaired) electrons. The fourth-order valence-electron chi connectivity index (χ4n) is 1.64. The molecule has 1 rings (SSSR count). The van der Waals surface area contributed by atoms with Crippen molar-refractivity contribution < 1.29 is 18.3 Å². The van der Waals surface area contributed by atoms with Gasteiger partial charge in [0.05, 0.1) is 18.5 Å². The van der Waals surface area contributed by atoms with Crippen LogP contribution in [0.2, 0.25) is 0 Å². The quantitative estimate of drug-likeness (QED) is 0.745. The normalized spacial score (nSPS) is 13.2. The van der Waals surface area contributed by atoms with Crippen molar-refractivity contribution >= 4 is 9.84 Å². The molecule has 1 N–H and O–H groups in total. The third kappa shape index (κ3) is 5.61. The van der Waals surface area contributed by atoms with Crippen molar-refractivity contribution in [1.29, 1.82) is 0 Å². The minimum absolute atomic E-state index is 0.163. The molecule has 0 aromatic heterocycles. The number of sulfone groups is 1. The number of benzene rings is 1. The Morgan fingerprint density at radius 1 is 1.21 bits per heavy atom. The van der Waals surface area contributed by atoms with Gasteiger partial charge >= 0.3 is 0 Å². The Hall–Kier alpha value is -1.07. The van der Waals surface area contributed by atoms with Crippen LogP contribution in [0.3, 0.4) is 0 Å². The Kier molecular flexibility index (Phi) is 6.31. The Balaban J connectivity index is 2.38. The van der Waals surface area contributed by atoms with E-state index in [1.165, 1.54) is 0 Å². The standard InChI is InChI=1S/C14H22O4S/c1-3-14(15)12-6-8-13(9-7-12)18-10-5-11-19(16,17)4-2/h6-9,14-15H,3-5,10-11H2,1-2H3/t14-/m0/s1. The molecule has 0 unspecified atom stereocenters. The molecule has 1 aromatic rings. The average molecular weight is 286 g/mol. The highest BCUT2D eigenvalue weighted by Crippen LogP contribution is 2.19. The lowest BCUT2D eigenvalue weighted by Crippen LogP contribution is -2.11. The zero-order valence-electron chi connectivity index (χ0n) is 11.5. The second-order valence-corrected chi connectivity index (χ2v) is 6.90. The number of hydrogen-bond acceptors (Lipinski definition) is 4. The topological polar surface area (TPSA) is 63.6 Å². The summed E-state index contributed by atoms with van der Waals surface area (Å²) in [4.78, 5) is 0. The summed E-state index contributed by atoms with van der Waals surface area (Å²) in [6.45, 7) is 3.95.